The normalized spacial score (nSPS) is 12.9. The fourth-order valence-electron chi connectivity index (χ4n) is 3.38. The molecule has 0 unspecified atom stereocenters. The Hall–Kier alpha value is -3.18. The molecule has 0 radical (unpaired) electrons. The van der Waals surface area contributed by atoms with Crippen molar-refractivity contribution in [3.05, 3.63) is 94.4 Å². The average molecular weight is 408 g/mol. The highest BCUT2D eigenvalue weighted by Crippen LogP contribution is 2.29. The Bertz CT molecular complexity index is 1040. The molecule has 0 fully saturated rings. The molecule has 0 bridgehead atoms. The van der Waals surface area contributed by atoms with Gasteiger partial charge < -0.3 is 19.9 Å². The van der Waals surface area contributed by atoms with Crippen LogP contribution in [0.1, 0.15) is 34.1 Å². The van der Waals surface area contributed by atoms with E-state index in [0.29, 0.717) is 18.7 Å². The summed E-state index contributed by atoms with van der Waals surface area (Å²) in [6.07, 6.45) is 4.05. The van der Waals surface area contributed by atoms with Crippen LogP contribution in [0.4, 0.5) is 5.69 Å². The Morgan fingerprint density at radius 3 is 2.79 bits per heavy atom. The third-order valence-corrected chi connectivity index (χ3v) is 5.05. The maximum absolute atomic E-state index is 11.9. The lowest BCUT2D eigenvalue weighted by atomic mass is 10.1. The topological polar surface area (TPSA) is 57.4 Å². The Kier molecular flexibility index (Phi) is 5.58. The molecule has 148 valence electrons. The Balaban J connectivity index is 1.55. The molecule has 0 amide bonds. The highest BCUT2D eigenvalue weighted by molar-refractivity contribution is 6.30. The molecule has 0 saturated heterocycles. The van der Waals surface area contributed by atoms with Gasteiger partial charge in [0.25, 0.3) is 0 Å². The lowest BCUT2D eigenvalue weighted by Crippen LogP contribution is -2.25. The van der Waals surface area contributed by atoms with Gasteiger partial charge in [-0.25, -0.2) is 4.79 Å². The minimum atomic E-state index is -0.302. The molecule has 2 aromatic carbocycles. The van der Waals surface area contributed by atoms with E-state index in [1.165, 1.54) is 0 Å². The molecule has 5 nitrogen and oxygen atoms in total. The van der Waals surface area contributed by atoms with Crippen molar-refractivity contribution in [2.75, 3.05) is 11.5 Å². The van der Waals surface area contributed by atoms with Crippen molar-refractivity contribution >= 4 is 29.0 Å². The molecule has 0 saturated carbocycles. The summed E-state index contributed by atoms with van der Waals surface area (Å²) in [5.41, 5.74) is 5.99. The van der Waals surface area contributed by atoms with E-state index in [4.69, 9.17) is 16.3 Å². The predicted molar refractivity (Wildman–Crippen MR) is 116 cm³/mol. The van der Waals surface area contributed by atoms with Gasteiger partial charge in [-0.3, -0.25) is 0 Å². The van der Waals surface area contributed by atoms with E-state index >= 15 is 0 Å². The van der Waals surface area contributed by atoms with E-state index in [0.717, 1.165) is 39.8 Å². The Labute approximate surface area is 175 Å². The van der Waals surface area contributed by atoms with Gasteiger partial charge in [-0.05, 0) is 55.0 Å². The van der Waals surface area contributed by atoms with E-state index in [1.807, 2.05) is 42.6 Å². The minimum absolute atomic E-state index is 0.302. The van der Waals surface area contributed by atoms with E-state index in [2.05, 4.69) is 27.5 Å². The monoisotopic (exact) mass is 407 g/mol. The number of aromatic nitrogens is 1. The lowest BCUT2D eigenvalue weighted by Gasteiger charge is -2.28. The summed E-state index contributed by atoms with van der Waals surface area (Å²) in [5.74, 6) is -0.302. The number of nitrogens with one attached hydrogen (secondary N) is 2. The smallest absolute Gasteiger partial charge is 0.338 e. The number of fused-ring (bicyclic) bond motifs is 1. The second-order valence-electron chi connectivity index (χ2n) is 6.79. The quantitative estimate of drug-likeness (QED) is 0.567. The Morgan fingerprint density at radius 2 is 2.03 bits per heavy atom. The van der Waals surface area contributed by atoms with E-state index in [1.54, 1.807) is 19.1 Å². The van der Waals surface area contributed by atoms with Crippen LogP contribution in [0.25, 0.3) is 5.70 Å². The zero-order valence-corrected chi connectivity index (χ0v) is 16.9. The van der Waals surface area contributed by atoms with Gasteiger partial charge in [0.15, 0.2) is 0 Å². The molecule has 1 aromatic heterocycles. The number of nitrogens with zero attached hydrogens (tertiary/aromatic N) is 1. The van der Waals surface area contributed by atoms with Crippen LogP contribution >= 0.6 is 11.6 Å². The van der Waals surface area contributed by atoms with Crippen LogP contribution in [0, 0.1) is 0 Å². The van der Waals surface area contributed by atoms with Gasteiger partial charge in [0, 0.05) is 40.9 Å². The van der Waals surface area contributed by atoms with Crippen LogP contribution in [0.2, 0.25) is 5.02 Å². The summed E-state index contributed by atoms with van der Waals surface area (Å²) in [4.78, 5) is 17.4. The van der Waals surface area contributed by atoms with Crippen molar-refractivity contribution in [3.8, 4) is 0 Å². The highest BCUT2D eigenvalue weighted by Gasteiger charge is 2.19. The van der Waals surface area contributed by atoms with Gasteiger partial charge in [-0.2, -0.15) is 0 Å². The fourth-order valence-corrected chi connectivity index (χ4v) is 3.60. The number of hydrogen-bond donors (Lipinski definition) is 2. The van der Waals surface area contributed by atoms with Gasteiger partial charge in [-0.15, -0.1) is 0 Å². The summed E-state index contributed by atoms with van der Waals surface area (Å²) >= 11 is 6.10. The van der Waals surface area contributed by atoms with Crippen LogP contribution in [0.15, 0.2) is 67.0 Å². The predicted octanol–water partition coefficient (Wildman–Crippen LogP) is 4.95. The maximum atomic E-state index is 11.9. The van der Waals surface area contributed by atoms with Gasteiger partial charge in [0.2, 0.25) is 0 Å². The SMILES string of the molecule is CCOC(=O)c1ccc(N2C=C(NCc3cccc(Cl)c3)c3cc[nH]c3C2)cc1. The van der Waals surface area contributed by atoms with Gasteiger partial charge in [-0.1, -0.05) is 23.7 Å². The molecule has 29 heavy (non-hydrogen) atoms. The maximum Gasteiger partial charge on any atom is 0.338 e. The number of esters is 1. The molecule has 1 aliphatic rings. The number of halogens is 1. The molecule has 4 rings (SSSR count). The van der Waals surface area contributed by atoms with Crippen LogP contribution in [0.5, 0.6) is 0 Å². The summed E-state index contributed by atoms with van der Waals surface area (Å²) in [6.45, 7) is 3.57. The first-order valence-electron chi connectivity index (χ1n) is 9.54. The van der Waals surface area contributed by atoms with Crippen molar-refractivity contribution in [3.63, 3.8) is 0 Å². The van der Waals surface area contributed by atoms with Crippen LogP contribution in [-0.4, -0.2) is 17.6 Å². The van der Waals surface area contributed by atoms with E-state index in [9.17, 15) is 4.79 Å². The summed E-state index contributed by atoms with van der Waals surface area (Å²) in [5, 5.41) is 4.25. The molecule has 2 heterocycles. The molecular weight excluding hydrogens is 386 g/mol. The molecule has 3 aromatic rings. The third-order valence-electron chi connectivity index (χ3n) is 4.82. The van der Waals surface area contributed by atoms with Crippen molar-refractivity contribution < 1.29 is 9.53 Å². The molecule has 6 heteroatoms. The first kappa shape index (κ1) is 19.2. The van der Waals surface area contributed by atoms with Gasteiger partial charge in [0.05, 0.1) is 24.4 Å². The molecule has 2 N–H and O–H groups in total. The zero-order chi connectivity index (χ0) is 20.2. The van der Waals surface area contributed by atoms with Crippen LogP contribution in [-0.2, 0) is 17.8 Å². The average Bonchev–Trinajstić information content (AvgIpc) is 3.21. The number of carbonyl (C=O) groups is 1. The second kappa shape index (κ2) is 8.45. The summed E-state index contributed by atoms with van der Waals surface area (Å²) < 4.78 is 5.06. The van der Waals surface area contributed by atoms with Crippen LogP contribution in [0.3, 0.4) is 0 Å². The molecule has 0 spiro atoms. The minimum Gasteiger partial charge on any atom is -0.462 e. The van der Waals surface area contributed by atoms with E-state index in [-0.39, 0.29) is 5.97 Å². The highest BCUT2D eigenvalue weighted by atomic mass is 35.5. The number of rotatable bonds is 6. The number of ether oxygens (including phenoxy) is 1. The first-order valence-corrected chi connectivity index (χ1v) is 9.92. The standard InChI is InChI=1S/C23H22ClN3O2/c1-2-29-23(28)17-6-8-19(9-7-17)27-14-21-20(10-11-25-21)22(15-27)26-13-16-4-3-5-18(24)12-16/h3-12,15,25-26H,2,13-14H2,1H3. The number of benzene rings is 2. The summed E-state index contributed by atoms with van der Waals surface area (Å²) in [7, 11) is 0. The van der Waals surface area contributed by atoms with Crippen molar-refractivity contribution in [1.29, 1.82) is 0 Å². The number of H-pyrrole nitrogens is 1. The largest absolute Gasteiger partial charge is 0.462 e. The van der Waals surface area contributed by atoms with Crippen molar-refractivity contribution in [1.82, 2.24) is 10.3 Å². The molecule has 1 aliphatic heterocycles. The first-order chi connectivity index (χ1) is 14.1. The zero-order valence-electron chi connectivity index (χ0n) is 16.1. The fraction of sp³-hybridized carbons (Fsp3) is 0.174. The van der Waals surface area contributed by atoms with Crippen LogP contribution < -0.4 is 10.2 Å². The van der Waals surface area contributed by atoms with Gasteiger partial charge >= 0.3 is 5.97 Å². The van der Waals surface area contributed by atoms with Crippen molar-refractivity contribution in [2.24, 2.45) is 0 Å². The molecule has 0 atom stereocenters. The third kappa shape index (κ3) is 4.30. The number of hydrogen-bond acceptors (Lipinski definition) is 4. The molecule has 0 aliphatic carbocycles. The van der Waals surface area contributed by atoms with Gasteiger partial charge in [0.1, 0.15) is 0 Å². The number of aromatic amines is 1. The van der Waals surface area contributed by atoms with E-state index < -0.39 is 0 Å². The van der Waals surface area contributed by atoms with Crippen molar-refractivity contribution in [2.45, 2.75) is 20.0 Å². The second-order valence-corrected chi connectivity index (χ2v) is 7.23. The Morgan fingerprint density at radius 1 is 1.21 bits per heavy atom. The lowest BCUT2D eigenvalue weighted by molar-refractivity contribution is 0.0526. The summed E-state index contributed by atoms with van der Waals surface area (Å²) in [6, 6.07) is 17.4. The molecular formula is C23H22ClN3O2. The number of anilines is 1. The number of carbonyl (C=O) groups excluding carboxylic acids is 1.